The molecule has 0 unspecified atom stereocenters. The molecular weight excluding hydrogens is 162 g/mol. The van der Waals surface area contributed by atoms with Crippen molar-refractivity contribution >= 4 is 0 Å². The lowest BCUT2D eigenvalue weighted by atomic mass is 10.2. The minimum absolute atomic E-state index is 0.176. The van der Waals surface area contributed by atoms with Crippen LogP contribution in [0.3, 0.4) is 0 Å². The molecule has 1 aromatic rings. The van der Waals surface area contributed by atoms with Crippen LogP contribution in [0.5, 0.6) is 0 Å². The fraction of sp³-hybridized carbons (Fsp3) is 0.700. The number of aromatic nitrogens is 2. The molecule has 1 rings (SSSR count). The van der Waals surface area contributed by atoms with Gasteiger partial charge in [-0.2, -0.15) is 5.10 Å². The average molecular weight is 181 g/mol. The zero-order valence-electron chi connectivity index (χ0n) is 8.75. The van der Waals surface area contributed by atoms with E-state index < -0.39 is 0 Å². The Hall–Kier alpha value is -0.830. The molecular formula is C10H19N3. The second-order valence-electron chi connectivity index (χ2n) is 3.49. The molecule has 0 radical (unpaired) electrons. The summed E-state index contributed by atoms with van der Waals surface area (Å²) in [5.74, 6) is 0. The van der Waals surface area contributed by atoms with Gasteiger partial charge in [-0.1, -0.05) is 13.8 Å². The van der Waals surface area contributed by atoms with Gasteiger partial charge in [0.1, 0.15) is 0 Å². The molecule has 0 aliphatic carbocycles. The molecule has 1 atom stereocenters. The van der Waals surface area contributed by atoms with Gasteiger partial charge in [0.2, 0.25) is 0 Å². The number of rotatable bonds is 4. The highest BCUT2D eigenvalue weighted by atomic mass is 15.3. The van der Waals surface area contributed by atoms with E-state index in [1.165, 1.54) is 5.69 Å². The summed E-state index contributed by atoms with van der Waals surface area (Å²) in [7, 11) is 0. The van der Waals surface area contributed by atoms with Gasteiger partial charge in [-0.25, -0.2) is 0 Å². The summed E-state index contributed by atoms with van der Waals surface area (Å²) in [5, 5.41) is 4.48. The Bertz CT molecular complexity index is 263. The van der Waals surface area contributed by atoms with Gasteiger partial charge in [-0.3, -0.25) is 4.68 Å². The van der Waals surface area contributed by atoms with Crippen molar-refractivity contribution in [2.24, 2.45) is 5.73 Å². The molecule has 2 N–H and O–H groups in total. The van der Waals surface area contributed by atoms with Crippen molar-refractivity contribution in [2.75, 3.05) is 0 Å². The van der Waals surface area contributed by atoms with E-state index in [0.29, 0.717) is 0 Å². The lowest BCUT2D eigenvalue weighted by Crippen LogP contribution is -2.23. The molecule has 0 fully saturated rings. The normalized spacial score (nSPS) is 13.2. The number of hydrogen-bond acceptors (Lipinski definition) is 2. The number of nitrogens with two attached hydrogens (primary N) is 1. The molecule has 3 heteroatoms. The topological polar surface area (TPSA) is 43.8 Å². The quantitative estimate of drug-likeness (QED) is 0.762. The van der Waals surface area contributed by atoms with Crippen LogP contribution in [0.15, 0.2) is 6.07 Å². The Balaban J connectivity index is 2.84. The maximum atomic E-state index is 5.74. The summed E-state index contributed by atoms with van der Waals surface area (Å²) in [4.78, 5) is 0. The smallest absolute Gasteiger partial charge is 0.0624 e. The lowest BCUT2D eigenvalue weighted by Gasteiger charge is -2.08. The fourth-order valence-corrected chi connectivity index (χ4v) is 1.40. The van der Waals surface area contributed by atoms with Crippen molar-refractivity contribution in [3.8, 4) is 0 Å². The average Bonchev–Trinajstić information content (AvgIpc) is 2.46. The second-order valence-corrected chi connectivity index (χ2v) is 3.49. The molecule has 74 valence electrons. The van der Waals surface area contributed by atoms with Crippen LogP contribution in [-0.4, -0.2) is 15.8 Å². The highest BCUT2D eigenvalue weighted by Crippen LogP contribution is 2.06. The molecule has 0 aliphatic rings. The monoisotopic (exact) mass is 181 g/mol. The van der Waals surface area contributed by atoms with Crippen LogP contribution in [0, 0.1) is 0 Å². The third-order valence-corrected chi connectivity index (χ3v) is 2.10. The molecule has 3 nitrogen and oxygen atoms in total. The van der Waals surface area contributed by atoms with Crippen LogP contribution >= 0.6 is 0 Å². The summed E-state index contributed by atoms with van der Waals surface area (Å²) in [6.45, 7) is 7.10. The third kappa shape index (κ3) is 2.56. The minimum Gasteiger partial charge on any atom is -0.326 e. The van der Waals surface area contributed by atoms with Crippen molar-refractivity contribution in [1.29, 1.82) is 0 Å². The molecule has 13 heavy (non-hydrogen) atoms. The van der Waals surface area contributed by atoms with Gasteiger partial charge in [0.15, 0.2) is 0 Å². The van der Waals surface area contributed by atoms with E-state index in [2.05, 4.69) is 25.0 Å². The molecule has 0 amide bonds. The fourth-order valence-electron chi connectivity index (χ4n) is 1.40. The number of hydrogen-bond donors (Lipinski definition) is 1. The number of nitrogens with zero attached hydrogens (tertiary/aromatic N) is 2. The van der Waals surface area contributed by atoms with Gasteiger partial charge in [-0.05, 0) is 25.8 Å². The molecule has 1 heterocycles. The highest BCUT2D eigenvalue weighted by Gasteiger charge is 2.06. The maximum Gasteiger partial charge on any atom is 0.0624 e. The Morgan fingerprint density at radius 2 is 2.15 bits per heavy atom. The Morgan fingerprint density at radius 3 is 2.62 bits per heavy atom. The van der Waals surface area contributed by atoms with Gasteiger partial charge >= 0.3 is 0 Å². The predicted octanol–water partition coefficient (Wildman–Crippen LogP) is 1.36. The van der Waals surface area contributed by atoms with Crippen molar-refractivity contribution in [3.05, 3.63) is 17.5 Å². The van der Waals surface area contributed by atoms with E-state index in [1.54, 1.807) is 0 Å². The van der Waals surface area contributed by atoms with E-state index in [4.69, 9.17) is 5.73 Å². The van der Waals surface area contributed by atoms with E-state index in [1.807, 2.05) is 11.6 Å². The molecule has 0 bridgehead atoms. The van der Waals surface area contributed by atoms with Crippen molar-refractivity contribution in [3.63, 3.8) is 0 Å². The van der Waals surface area contributed by atoms with Crippen LogP contribution in [0.1, 0.15) is 32.2 Å². The first-order chi connectivity index (χ1) is 6.17. The van der Waals surface area contributed by atoms with Gasteiger partial charge in [0, 0.05) is 11.7 Å². The van der Waals surface area contributed by atoms with E-state index in [9.17, 15) is 0 Å². The summed E-state index contributed by atoms with van der Waals surface area (Å²) in [5.41, 5.74) is 8.19. The summed E-state index contributed by atoms with van der Waals surface area (Å²) in [6, 6.07) is 2.34. The standard InChI is InChI=1S/C10H19N3/c1-4-9-6-10(5-2)13(12-9)7-8(3)11/h6,8H,4-5,7,11H2,1-3H3/t8-/m1/s1. The highest BCUT2D eigenvalue weighted by molar-refractivity contribution is 5.10. The van der Waals surface area contributed by atoms with E-state index >= 15 is 0 Å². The molecule has 0 aromatic carbocycles. The first-order valence-corrected chi connectivity index (χ1v) is 4.98. The molecule has 0 saturated heterocycles. The second kappa shape index (κ2) is 4.42. The van der Waals surface area contributed by atoms with Crippen LogP contribution < -0.4 is 5.73 Å². The van der Waals surface area contributed by atoms with Crippen molar-refractivity contribution in [1.82, 2.24) is 9.78 Å². The molecule has 0 spiro atoms. The van der Waals surface area contributed by atoms with Gasteiger partial charge in [0.05, 0.1) is 12.2 Å². The van der Waals surface area contributed by atoms with E-state index in [-0.39, 0.29) is 6.04 Å². The Morgan fingerprint density at radius 1 is 1.46 bits per heavy atom. The van der Waals surface area contributed by atoms with Gasteiger partial charge in [0.25, 0.3) is 0 Å². The minimum atomic E-state index is 0.176. The summed E-state index contributed by atoms with van der Waals surface area (Å²) >= 11 is 0. The molecule has 1 aromatic heterocycles. The summed E-state index contributed by atoms with van der Waals surface area (Å²) < 4.78 is 2.03. The largest absolute Gasteiger partial charge is 0.326 e. The van der Waals surface area contributed by atoms with Crippen LogP contribution in [-0.2, 0) is 19.4 Å². The van der Waals surface area contributed by atoms with Gasteiger partial charge in [-0.15, -0.1) is 0 Å². The van der Waals surface area contributed by atoms with Crippen molar-refractivity contribution < 1.29 is 0 Å². The van der Waals surface area contributed by atoms with Crippen LogP contribution in [0.25, 0.3) is 0 Å². The summed E-state index contributed by atoms with van der Waals surface area (Å²) in [6.07, 6.45) is 2.03. The zero-order chi connectivity index (χ0) is 9.84. The first kappa shape index (κ1) is 10.3. The lowest BCUT2D eigenvalue weighted by molar-refractivity contribution is 0.517. The van der Waals surface area contributed by atoms with Crippen molar-refractivity contribution in [2.45, 2.75) is 46.2 Å². The third-order valence-electron chi connectivity index (χ3n) is 2.10. The SMILES string of the molecule is CCc1cc(CC)n(C[C@@H](C)N)n1. The van der Waals surface area contributed by atoms with Crippen LogP contribution in [0.2, 0.25) is 0 Å². The molecule has 0 saturated carbocycles. The first-order valence-electron chi connectivity index (χ1n) is 4.98. The molecule has 0 aliphatic heterocycles. The zero-order valence-corrected chi connectivity index (χ0v) is 8.75. The maximum absolute atomic E-state index is 5.74. The van der Waals surface area contributed by atoms with E-state index in [0.717, 1.165) is 25.1 Å². The van der Waals surface area contributed by atoms with Crippen LogP contribution in [0.4, 0.5) is 0 Å². The van der Waals surface area contributed by atoms with Gasteiger partial charge < -0.3 is 5.73 Å². The predicted molar refractivity (Wildman–Crippen MR) is 54.6 cm³/mol. The Labute approximate surface area is 79.9 Å². The Kier molecular flexibility index (Phi) is 3.48. The number of aryl methyl sites for hydroxylation is 2.